The Hall–Kier alpha value is -1.80. The molecule has 2 rings (SSSR count). The number of nitro groups is 1. The lowest BCUT2D eigenvalue weighted by molar-refractivity contribution is -0.385. The van der Waals surface area contributed by atoms with Gasteiger partial charge in [-0.25, -0.2) is 0 Å². The Morgan fingerprint density at radius 2 is 1.95 bits per heavy atom. The zero-order chi connectivity index (χ0) is 14.0. The van der Waals surface area contributed by atoms with E-state index in [9.17, 15) is 19.7 Å². The quantitative estimate of drug-likeness (QED) is 0.473. The van der Waals surface area contributed by atoms with Gasteiger partial charge < -0.3 is 4.74 Å². The van der Waals surface area contributed by atoms with E-state index in [-0.39, 0.29) is 25.4 Å². The zero-order valence-corrected chi connectivity index (χ0v) is 11.3. The number of nitrogens with zero attached hydrogens (tertiary/aromatic N) is 2. The van der Waals surface area contributed by atoms with E-state index in [1.807, 2.05) is 0 Å². The molecule has 0 spiro atoms. The number of benzene rings is 1. The van der Waals surface area contributed by atoms with Crippen molar-refractivity contribution in [2.45, 2.75) is 6.54 Å². The molecule has 7 nitrogen and oxygen atoms in total. The molecule has 0 N–H and O–H groups in total. The molecule has 0 saturated carbocycles. The second-order valence-corrected chi connectivity index (χ2v) is 4.76. The summed E-state index contributed by atoms with van der Waals surface area (Å²) in [5, 5.41) is 10.8. The molecule has 1 aliphatic rings. The number of hydrogen-bond acceptors (Lipinski definition) is 5. The molecule has 8 heteroatoms. The molecule has 19 heavy (non-hydrogen) atoms. The van der Waals surface area contributed by atoms with Gasteiger partial charge in [-0.2, -0.15) is 0 Å². The van der Waals surface area contributed by atoms with E-state index in [1.54, 1.807) is 6.07 Å². The molecule has 1 aromatic carbocycles. The van der Waals surface area contributed by atoms with Crippen LogP contribution in [0, 0.1) is 10.1 Å². The molecular weight excluding hydrogens is 320 g/mol. The molecule has 100 valence electrons. The lowest BCUT2D eigenvalue weighted by Gasteiger charge is -2.24. The van der Waals surface area contributed by atoms with Gasteiger partial charge in [-0.1, -0.05) is 6.07 Å². The summed E-state index contributed by atoms with van der Waals surface area (Å²) in [5.74, 6) is -0.886. The van der Waals surface area contributed by atoms with Crippen LogP contribution < -0.4 is 0 Å². The maximum Gasteiger partial charge on any atom is 0.283 e. The van der Waals surface area contributed by atoms with Crippen molar-refractivity contribution in [2.24, 2.45) is 0 Å². The normalized spacial score (nSPS) is 15.7. The van der Waals surface area contributed by atoms with E-state index in [1.165, 1.54) is 12.1 Å². The standard InChI is InChI=1S/C11H9BrN2O5/c12-8-2-1-7(3-9(8)14(17)18)4-13-10(15)5-19-6-11(13)16/h1-3H,4-6H2. The molecule has 0 aromatic heterocycles. The molecular formula is C11H9BrN2O5. The van der Waals surface area contributed by atoms with E-state index in [0.29, 0.717) is 10.0 Å². The summed E-state index contributed by atoms with van der Waals surface area (Å²) in [6.07, 6.45) is 0. The number of morpholine rings is 1. The van der Waals surface area contributed by atoms with Gasteiger partial charge in [-0.05, 0) is 27.6 Å². The number of rotatable bonds is 3. The number of amides is 2. The van der Waals surface area contributed by atoms with Crippen LogP contribution in [0.25, 0.3) is 0 Å². The highest BCUT2D eigenvalue weighted by Crippen LogP contribution is 2.26. The first-order valence-electron chi connectivity index (χ1n) is 5.33. The number of carbonyl (C=O) groups is 2. The second-order valence-electron chi connectivity index (χ2n) is 3.91. The fourth-order valence-electron chi connectivity index (χ4n) is 1.68. The number of carbonyl (C=O) groups excluding carboxylic acids is 2. The van der Waals surface area contributed by atoms with E-state index in [4.69, 9.17) is 4.74 Å². The van der Waals surface area contributed by atoms with Gasteiger partial charge in [-0.15, -0.1) is 0 Å². The third-order valence-electron chi connectivity index (χ3n) is 2.60. The Labute approximate surface area is 116 Å². The summed E-state index contributed by atoms with van der Waals surface area (Å²) in [7, 11) is 0. The maximum atomic E-state index is 11.5. The Morgan fingerprint density at radius 1 is 1.32 bits per heavy atom. The van der Waals surface area contributed by atoms with Crippen molar-refractivity contribution in [3.63, 3.8) is 0 Å². The summed E-state index contributed by atoms with van der Waals surface area (Å²) in [6, 6.07) is 4.47. The van der Waals surface area contributed by atoms with Crippen molar-refractivity contribution in [1.29, 1.82) is 0 Å². The Morgan fingerprint density at radius 3 is 2.53 bits per heavy atom. The molecule has 1 fully saturated rings. The average molecular weight is 329 g/mol. The molecule has 0 radical (unpaired) electrons. The van der Waals surface area contributed by atoms with Crippen LogP contribution in [0.15, 0.2) is 22.7 Å². The van der Waals surface area contributed by atoms with Crippen molar-refractivity contribution < 1.29 is 19.2 Å². The van der Waals surface area contributed by atoms with E-state index < -0.39 is 16.7 Å². The topological polar surface area (TPSA) is 89.8 Å². The van der Waals surface area contributed by atoms with Crippen LogP contribution >= 0.6 is 15.9 Å². The van der Waals surface area contributed by atoms with E-state index in [2.05, 4.69) is 15.9 Å². The lowest BCUT2D eigenvalue weighted by atomic mass is 10.2. The van der Waals surface area contributed by atoms with Gasteiger partial charge in [0.15, 0.2) is 0 Å². The van der Waals surface area contributed by atoms with Gasteiger partial charge in [0.25, 0.3) is 17.5 Å². The van der Waals surface area contributed by atoms with Crippen molar-refractivity contribution >= 4 is 33.4 Å². The van der Waals surface area contributed by atoms with E-state index >= 15 is 0 Å². The van der Waals surface area contributed by atoms with Gasteiger partial charge in [0.1, 0.15) is 13.2 Å². The fourth-order valence-corrected chi connectivity index (χ4v) is 2.07. The molecule has 1 aliphatic heterocycles. The van der Waals surface area contributed by atoms with Crippen molar-refractivity contribution in [2.75, 3.05) is 13.2 Å². The molecule has 0 unspecified atom stereocenters. The molecule has 1 aromatic rings. The minimum atomic E-state index is -0.531. The summed E-state index contributed by atoms with van der Waals surface area (Å²) >= 11 is 3.07. The number of imide groups is 1. The Bertz CT molecular complexity index is 544. The van der Waals surface area contributed by atoms with Gasteiger partial charge >= 0.3 is 0 Å². The minimum Gasteiger partial charge on any atom is -0.362 e. The minimum absolute atomic E-state index is 0.00907. The summed E-state index contributed by atoms with van der Waals surface area (Å²) in [5.41, 5.74) is 0.407. The monoisotopic (exact) mass is 328 g/mol. The predicted octanol–water partition coefficient (Wildman–Crippen LogP) is 1.24. The highest BCUT2D eigenvalue weighted by atomic mass is 79.9. The van der Waals surface area contributed by atoms with Gasteiger partial charge in [0.05, 0.1) is 15.9 Å². The second kappa shape index (κ2) is 5.45. The summed E-state index contributed by atoms with van der Waals surface area (Å²) in [4.78, 5) is 34.4. The molecule has 0 aliphatic carbocycles. The summed E-state index contributed by atoms with van der Waals surface area (Å²) in [6.45, 7) is -0.288. The predicted molar refractivity (Wildman–Crippen MR) is 67.2 cm³/mol. The first-order chi connectivity index (χ1) is 8.99. The Kier molecular flexibility index (Phi) is 3.91. The number of ether oxygens (including phenoxy) is 1. The van der Waals surface area contributed by atoms with Gasteiger partial charge in [-0.3, -0.25) is 24.6 Å². The third kappa shape index (κ3) is 2.96. The van der Waals surface area contributed by atoms with Gasteiger partial charge in [0, 0.05) is 6.07 Å². The molecule has 0 bridgehead atoms. The van der Waals surface area contributed by atoms with Crippen molar-refractivity contribution in [3.8, 4) is 0 Å². The smallest absolute Gasteiger partial charge is 0.283 e. The molecule has 2 amide bonds. The fraction of sp³-hybridized carbons (Fsp3) is 0.273. The van der Waals surface area contributed by atoms with Gasteiger partial charge in [0.2, 0.25) is 0 Å². The van der Waals surface area contributed by atoms with Crippen molar-refractivity contribution in [1.82, 2.24) is 4.90 Å². The maximum absolute atomic E-state index is 11.5. The van der Waals surface area contributed by atoms with Crippen LogP contribution in [-0.2, 0) is 20.9 Å². The third-order valence-corrected chi connectivity index (χ3v) is 3.27. The lowest BCUT2D eigenvalue weighted by Crippen LogP contribution is -2.45. The Balaban J connectivity index is 2.23. The van der Waals surface area contributed by atoms with Crippen LogP contribution in [0.3, 0.4) is 0 Å². The number of hydrogen-bond donors (Lipinski definition) is 0. The van der Waals surface area contributed by atoms with Crippen LogP contribution in [0.2, 0.25) is 0 Å². The van der Waals surface area contributed by atoms with E-state index in [0.717, 1.165) is 4.90 Å². The number of nitro benzene ring substituents is 1. The van der Waals surface area contributed by atoms with Crippen molar-refractivity contribution in [3.05, 3.63) is 38.3 Å². The molecule has 0 atom stereocenters. The summed E-state index contributed by atoms with van der Waals surface area (Å²) < 4.78 is 5.13. The SMILES string of the molecule is O=C1COCC(=O)N1Cc1ccc(Br)c([N+](=O)[O-])c1. The van der Waals surface area contributed by atoms with Crippen LogP contribution in [0.5, 0.6) is 0 Å². The van der Waals surface area contributed by atoms with Crippen LogP contribution in [0.1, 0.15) is 5.56 Å². The largest absolute Gasteiger partial charge is 0.362 e. The number of halogens is 1. The first kappa shape index (κ1) is 13.6. The average Bonchev–Trinajstić information content (AvgIpc) is 2.35. The molecule has 1 heterocycles. The van der Waals surface area contributed by atoms with Crippen LogP contribution in [0.4, 0.5) is 5.69 Å². The molecule has 1 saturated heterocycles. The highest BCUT2D eigenvalue weighted by Gasteiger charge is 2.27. The zero-order valence-electron chi connectivity index (χ0n) is 9.67. The van der Waals surface area contributed by atoms with Crippen LogP contribution in [-0.4, -0.2) is 34.9 Å². The first-order valence-corrected chi connectivity index (χ1v) is 6.12. The highest BCUT2D eigenvalue weighted by molar-refractivity contribution is 9.10.